The molecule has 0 aliphatic carbocycles. The SMILES string of the molecule is Nc1ccccc1S/C(=C\[Se+](c1ccccc1)c1ccccc1)c1ccccc1. The minimum absolute atomic E-state index is 0.815. The van der Waals surface area contributed by atoms with E-state index in [1.54, 1.807) is 11.8 Å². The molecule has 1 nitrogen and oxygen atoms in total. The van der Waals surface area contributed by atoms with E-state index in [9.17, 15) is 0 Å². The van der Waals surface area contributed by atoms with E-state index in [0.717, 1.165) is 10.6 Å². The first-order valence-electron chi connectivity index (χ1n) is 9.44. The van der Waals surface area contributed by atoms with E-state index in [-0.39, 0.29) is 0 Å². The van der Waals surface area contributed by atoms with Gasteiger partial charge in [0.15, 0.2) is 0 Å². The quantitative estimate of drug-likeness (QED) is 0.242. The standard InChI is InChI=1S/C26H22NSSe/c27-24-18-10-11-19-25(24)28-26(21-12-4-1-5-13-21)20-29(22-14-6-2-7-15-22)23-16-8-3-9-17-23/h1-20H,27H2/q+1/b26-20-. The summed E-state index contributed by atoms with van der Waals surface area (Å²) in [6.07, 6.45) is 0. The fourth-order valence-electron chi connectivity index (χ4n) is 2.96. The first-order valence-corrected chi connectivity index (χ1v) is 13.0. The topological polar surface area (TPSA) is 26.0 Å². The molecule has 2 N–H and O–H groups in total. The van der Waals surface area contributed by atoms with Crippen LogP contribution in [0.2, 0.25) is 0 Å². The molecule has 0 unspecified atom stereocenters. The molecular weight excluding hydrogens is 437 g/mol. The van der Waals surface area contributed by atoms with E-state index < -0.39 is 13.9 Å². The average molecular weight is 459 g/mol. The van der Waals surface area contributed by atoms with Crippen molar-refractivity contribution in [3.63, 3.8) is 0 Å². The summed E-state index contributed by atoms with van der Waals surface area (Å²) in [5, 5.41) is 0. The van der Waals surface area contributed by atoms with Gasteiger partial charge in [0.2, 0.25) is 0 Å². The summed E-state index contributed by atoms with van der Waals surface area (Å²) in [5.41, 5.74) is 8.30. The number of benzene rings is 4. The third-order valence-corrected chi connectivity index (χ3v) is 10.2. The van der Waals surface area contributed by atoms with Crippen LogP contribution < -0.4 is 14.7 Å². The van der Waals surface area contributed by atoms with Gasteiger partial charge in [0.1, 0.15) is 0 Å². The number of rotatable bonds is 6. The summed E-state index contributed by atoms with van der Waals surface area (Å²) in [4.78, 5) is 4.83. The van der Waals surface area contributed by atoms with Gasteiger partial charge in [0.05, 0.1) is 0 Å². The van der Waals surface area contributed by atoms with Crippen molar-refractivity contribution in [1.29, 1.82) is 0 Å². The molecule has 0 bridgehead atoms. The van der Waals surface area contributed by atoms with Crippen molar-refractivity contribution >= 4 is 45.2 Å². The minimum atomic E-state index is -1.39. The van der Waals surface area contributed by atoms with Crippen molar-refractivity contribution in [2.75, 3.05) is 5.73 Å². The second-order valence-electron chi connectivity index (χ2n) is 6.45. The van der Waals surface area contributed by atoms with Crippen LogP contribution in [-0.4, -0.2) is 13.9 Å². The van der Waals surface area contributed by atoms with Gasteiger partial charge in [0.25, 0.3) is 0 Å². The molecule has 0 spiro atoms. The van der Waals surface area contributed by atoms with Gasteiger partial charge in [-0.3, -0.25) is 0 Å². The number of hydrogen-bond donors (Lipinski definition) is 1. The molecule has 0 aliphatic heterocycles. The van der Waals surface area contributed by atoms with Gasteiger partial charge in [-0.25, -0.2) is 0 Å². The molecule has 142 valence electrons. The van der Waals surface area contributed by atoms with Gasteiger partial charge < -0.3 is 0 Å². The number of anilines is 1. The second kappa shape index (κ2) is 9.67. The Bertz CT molecular complexity index is 1040. The van der Waals surface area contributed by atoms with Crippen LogP contribution in [-0.2, 0) is 0 Å². The predicted molar refractivity (Wildman–Crippen MR) is 129 cm³/mol. The molecule has 0 saturated heterocycles. The monoisotopic (exact) mass is 460 g/mol. The maximum absolute atomic E-state index is 6.26. The van der Waals surface area contributed by atoms with E-state index >= 15 is 0 Å². The summed E-state index contributed by atoms with van der Waals surface area (Å²) < 4.78 is 2.79. The zero-order valence-corrected chi connectivity index (χ0v) is 18.5. The molecule has 29 heavy (non-hydrogen) atoms. The second-order valence-corrected chi connectivity index (χ2v) is 11.4. The molecule has 0 aromatic heterocycles. The fourth-order valence-corrected chi connectivity index (χ4v) is 8.40. The molecule has 0 heterocycles. The summed E-state index contributed by atoms with van der Waals surface area (Å²) in [6, 6.07) is 40.4. The molecule has 0 atom stereocenters. The molecule has 0 radical (unpaired) electrons. The van der Waals surface area contributed by atoms with E-state index in [2.05, 4.69) is 102 Å². The first kappa shape index (κ1) is 19.6. The Morgan fingerprint density at radius 3 is 1.66 bits per heavy atom. The van der Waals surface area contributed by atoms with Crippen molar-refractivity contribution in [2.24, 2.45) is 0 Å². The predicted octanol–water partition coefficient (Wildman–Crippen LogP) is 5.25. The molecule has 4 rings (SSSR count). The average Bonchev–Trinajstić information content (AvgIpc) is 2.79. The summed E-state index contributed by atoms with van der Waals surface area (Å²) in [6.45, 7) is 0. The van der Waals surface area contributed by atoms with E-state index in [0.29, 0.717) is 0 Å². The van der Waals surface area contributed by atoms with Gasteiger partial charge in [-0.05, 0) is 0 Å². The van der Waals surface area contributed by atoms with Gasteiger partial charge in [-0.2, -0.15) is 0 Å². The van der Waals surface area contributed by atoms with Crippen LogP contribution >= 0.6 is 11.8 Å². The molecular formula is C26H22NSSe+. The molecule has 3 heteroatoms. The zero-order valence-electron chi connectivity index (χ0n) is 15.9. The summed E-state index contributed by atoms with van der Waals surface area (Å²) in [5.74, 6) is 0. The maximum atomic E-state index is 6.26. The van der Waals surface area contributed by atoms with Crippen molar-refractivity contribution in [1.82, 2.24) is 0 Å². The van der Waals surface area contributed by atoms with Crippen molar-refractivity contribution < 1.29 is 0 Å². The van der Waals surface area contributed by atoms with E-state index in [1.165, 1.54) is 19.4 Å². The number of para-hydroxylation sites is 1. The number of nitrogen functional groups attached to an aromatic ring is 1. The Labute approximate surface area is 181 Å². The van der Waals surface area contributed by atoms with Crippen LogP contribution in [0, 0.1) is 0 Å². The molecule has 4 aromatic rings. The van der Waals surface area contributed by atoms with Gasteiger partial charge in [0, 0.05) is 0 Å². The Morgan fingerprint density at radius 1 is 0.621 bits per heavy atom. The van der Waals surface area contributed by atoms with Crippen LogP contribution in [0.15, 0.2) is 125 Å². The molecule has 0 aliphatic rings. The Morgan fingerprint density at radius 2 is 1.10 bits per heavy atom. The Hall–Kier alpha value is -2.71. The third-order valence-electron chi connectivity index (χ3n) is 4.42. The summed E-state index contributed by atoms with van der Waals surface area (Å²) in [7, 11) is 0. The molecule has 0 amide bonds. The van der Waals surface area contributed by atoms with Crippen LogP contribution in [0.3, 0.4) is 0 Å². The van der Waals surface area contributed by atoms with E-state index in [4.69, 9.17) is 5.73 Å². The normalized spacial score (nSPS) is 11.6. The van der Waals surface area contributed by atoms with Crippen LogP contribution in [0.5, 0.6) is 0 Å². The Balaban J connectivity index is 1.83. The van der Waals surface area contributed by atoms with E-state index in [1.807, 2.05) is 18.2 Å². The third kappa shape index (κ3) is 5.02. The van der Waals surface area contributed by atoms with Crippen molar-refractivity contribution in [3.8, 4) is 0 Å². The number of hydrogen-bond acceptors (Lipinski definition) is 2. The Kier molecular flexibility index (Phi) is 6.53. The molecule has 4 aromatic carbocycles. The van der Waals surface area contributed by atoms with Gasteiger partial charge in [-0.1, -0.05) is 0 Å². The molecule has 0 saturated carbocycles. The fraction of sp³-hybridized carbons (Fsp3) is 0. The first-order chi connectivity index (χ1) is 14.3. The van der Waals surface area contributed by atoms with Crippen LogP contribution in [0.1, 0.15) is 5.56 Å². The zero-order chi connectivity index (χ0) is 19.9. The van der Waals surface area contributed by atoms with Crippen molar-refractivity contribution in [3.05, 3.63) is 126 Å². The van der Waals surface area contributed by atoms with Crippen LogP contribution in [0.4, 0.5) is 5.69 Å². The van der Waals surface area contributed by atoms with Gasteiger partial charge >= 0.3 is 182 Å². The number of thioether (sulfide) groups is 1. The number of nitrogens with two attached hydrogens (primary N) is 1. The van der Waals surface area contributed by atoms with Crippen molar-refractivity contribution in [2.45, 2.75) is 4.90 Å². The van der Waals surface area contributed by atoms with Crippen LogP contribution in [0.25, 0.3) is 4.91 Å². The molecule has 0 fully saturated rings. The van der Waals surface area contributed by atoms with Gasteiger partial charge in [-0.15, -0.1) is 0 Å². The summed E-state index contributed by atoms with van der Waals surface area (Å²) >= 11 is 0.366.